The van der Waals surface area contributed by atoms with E-state index in [9.17, 15) is 0 Å². The average Bonchev–Trinajstić information content (AvgIpc) is 2.74. The van der Waals surface area contributed by atoms with E-state index in [1.54, 1.807) is 0 Å². The number of benzene rings is 2. The summed E-state index contributed by atoms with van der Waals surface area (Å²) >= 11 is 0. The van der Waals surface area contributed by atoms with Crippen LogP contribution in [0, 0.1) is 20.8 Å². The van der Waals surface area contributed by atoms with Crippen molar-refractivity contribution in [3.63, 3.8) is 0 Å². The summed E-state index contributed by atoms with van der Waals surface area (Å²) in [5.41, 5.74) is 8.96. The van der Waals surface area contributed by atoms with Crippen LogP contribution in [-0.4, -0.2) is 17.4 Å². The highest BCUT2D eigenvalue weighted by Gasteiger charge is 2.16. The van der Waals surface area contributed by atoms with E-state index in [1.807, 2.05) is 0 Å². The molecule has 0 saturated carbocycles. The number of rotatable bonds is 2. The molecular formula is C19H21BN2. The molecule has 0 amide bonds. The summed E-state index contributed by atoms with van der Waals surface area (Å²) in [5, 5.41) is 0. The van der Waals surface area contributed by atoms with Crippen molar-refractivity contribution in [2.45, 2.75) is 40.7 Å². The van der Waals surface area contributed by atoms with Crippen molar-refractivity contribution in [2.24, 2.45) is 0 Å². The van der Waals surface area contributed by atoms with E-state index in [-0.39, 0.29) is 0 Å². The molecule has 110 valence electrons. The van der Waals surface area contributed by atoms with Crippen LogP contribution in [0.25, 0.3) is 22.2 Å². The molecule has 3 heteroatoms. The Bertz CT molecular complexity index is 836. The van der Waals surface area contributed by atoms with Gasteiger partial charge >= 0.3 is 0 Å². The fraction of sp³-hybridized carbons (Fsp3) is 0.316. The molecule has 0 unspecified atom stereocenters. The van der Waals surface area contributed by atoms with E-state index < -0.39 is 0 Å². The van der Waals surface area contributed by atoms with Gasteiger partial charge in [0.05, 0.1) is 16.8 Å². The van der Waals surface area contributed by atoms with Gasteiger partial charge in [0.25, 0.3) is 0 Å². The normalized spacial score (nSPS) is 11.5. The standard InChI is InChI=1S/C19H21BN2/c1-11(2)22-16-8-6-7-15(18(16)21-19(22)20)17-13(4)9-12(3)10-14(17)5/h6-11H,1-5H3. The lowest BCUT2D eigenvalue weighted by molar-refractivity contribution is 0.633. The highest BCUT2D eigenvalue weighted by atomic mass is 15.1. The van der Waals surface area contributed by atoms with Gasteiger partial charge in [-0.25, -0.2) is 4.98 Å². The minimum absolute atomic E-state index is 0.292. The number of hydrogen-bond donors (Lipinski definition) is 0. The first-order chi connectivity index (χ1) is 10.4. The van der Waals surface area contributed by atoms with Crippen LogP contribution in [0.2, 0.25) is 0 Å². The number of fused-ring (bicyclic) bond motifs is 1. The summed E-state index contributed by atoms with van der Waals surface area (Å²) in [6.45, 7) is 10.7. The zero-order valence-corrected chi connectivity index (χ0v) is 13.9. The molecule has 0 aliphatic heterocycles. The molecule has 1 aromatic heterocycles. The molecule has 0 saturated heterocycles. The van der Waals surface area contributed by atoms with Crippen molar-refractivity contribution in [1.29, 1.82) is 0 Å². The Labute approximate surface area is 133 Å². The van der Waals surface area contributed by atoms with Crippen LogP contribution in [0.15, 0.2) is 30.3 Å². The molecular weight excluding hydrogens is 267 g/mol. The van der Waals surface area contributed by atoms with E-state index in [4.69, 9.17) is 7.85 Å². The Hall–Kier alpha value is -2.03. The smallest absolute Gasteiger partial charge is 0.167 e. The molecule has 1 heterocycles. The summed E-state index contributed by atoms with van der Waals surface area (Å²) < 4.78 is 2.09. The van der Waals surface area contributed by atoms with Crippen molar-refractivity contribution in [1.82, 2.24) is 9.55 Å². The maximum atomic E-state index is 6.15. The molecule has 3 rings (SSSR count). The molecule has 0 N–H and O–H groups in total. The van der Waals surface area contributed by atoms with E-state index in [2.05, 4.69) is 74.5 Å². The second-order valence-electron chi connectivity index (χ2n) is 6.38. The first-order valence-electron chi connectivity index (χ1n) is 7.74. The number of aromatic nitrogens is 2. The van der Waals surface area contributed by atoms with Gasteiger partial charge in [0.1, 0.15) is 0 Å². The van der Waals surface area contributed by atoms with Gasteiger partial charge in [-0.1, -0.05) is 29.8 Å². The second kappa shape index (κ2) is 5.31. The molecule has 0 aliphatic rings. The van der Waals surface area contributed by atoms with Gasteiger partial charge in [-0.3, -0.25) is 0 Å². The molecule has 2 aromatic carbocycles. The van der Waals surface area contributed by atoms with Gasteiger partial charge in [-0.2, -0.15) is 0 Å². The lowest BCUT2D eigenvalue weighted by atomic mass is 9.93. The number of nitrogens with zero attached hydrogens (tertiary/aromatic N) is 2. The van der Waals surface area contributed by atoms with Crippen LogP contribution >= 0.6 is 0 Å². The van der Waals surface area contributed by atoms with Crippen LogP contribution in [-0.2, 0) is 0 Å². The quantitative estimate of drug-likeness (QED) is 0.652. The zero-order chi connectivity index (χ0) is 16.0. The Balaban J connectivity index is 2.36. The molecule has 3 aromatic rings. The van der Waals surface area contributed by atoms with Crippen LogP contribution in [0.5, 0.6) is 0 Å². The topological polar surface area (TPSA) is 17.8 Å². The fourth-order valence-corrected chi connectivity index (χ4v) is 3.48. The Morgan fingerprint density at radius 3 is 2.27 bits per heavy atom. The summed E-state index contributed by atoms with van der Waals surface area (Å²) in [4.78, 5) is 4.66. The summed E-state index contributed by atoms with van der Waals surface area (Å²) in [5.74, 6) is 0. The van der Waals surface area contributed by atoms with E-state index >= 15 is 0 Å². The van der Waals surface area contributed by atoms with Crippen molar-refractivity contribution >= 4 is 24.6 Å². The van der Waals surface area contributed by atoms with Gasteiger partial charge in [0.2, 0.25) is 0 Å². The van der Waals surface area contributed by atoms with Crippen LogP contribution in [0.1, 0.15) is 36.6 Å². The SMILES string of the molecule is [B]c1nc2c(-c3c(C)cc(C)cc3C)cccc2n1C(C)C. The van der Waals surface area contributed by atoms with Gasteiger partial charge in [0, 0.05) is 11.6 Å². The van der Waals surface area contributed by atoms with Crippen LogP contribution in [0.3, 0.4) is 0 Å². The highest BCUT2D eigenvalue weighted by molar-refractivity contribution is 6.30. The lowest BCUT2D eigenvalue weighted by Crippen LogP contribution is -2.20. The van der Waals surface area contributed by atoms with E-state index in [0.717, 1.165) is 11.0 Å². The third kappa shape index (κ3) is 2.25. The Kier molecular flexibility index (Phi) is 3.60. The summed E-state index contributed by atoms with van der Waals surface area (Å²) in [7, 11) is 6.15. The number of para-hydroxylation sites is 1. The molecule has 22 heavy (non-hydrogen) atoms. The minimum atomic E-state index is 0.292. The first-order valence-corrected chi connectivity index (χ1v) is 7.74. The van der Waals surface area contributed by atoms with Crippen molar-refractivity contribution < 1.29 is 0 Å². The van der Waals surface area contributed by atoms with Gasteiger partial charge in [-0.05, 0) is 57.4 Å². The minimum Gasteiger partial charge on any atom is -0.335 e. The number of imidazole rings is 1. The molecule has 0 fully saturated rings. The molecule has 0 atom stereocenters. The maximum absolute atomic E-state index is 6.15. The van der Waals surface area contributed by atoms with Gasteiger partial charge in [-0.15, -0.1) is 0 Å². The average molecular weight is 288 g/mol. The Morgan fingerprint density at radius 2 is 1.68 bits per heavy atom. The van der Waals surface area contributed by atoms with E-state index in [0.29, 0.717) is 11.8 Å². The van der Waals surface area contributed by atoms with Crippen LogP contribution < -0.4 is 5.72 Å². The lowest BCUT2D eigenvalue weighted by Gasteiger charge is -2.14. The predicted molar refractivity (Wildman–Crippen MR) is 95.2 cm³/mol. The van der Waals surface area contributed by atoms with Crippen molar-refractivity contribution in [2.75, 3.05) is 0 Å². The Morgan fingerprint density at radius 1 is 1.05 bits per heavy atom. The van der Waals surface area contributed by atoms with E-state index in [1.165, 1.54) is 27.8 Å². The summed E-state index contributed by atoms with van der Waals surface area (Å²) in [6.07, 6.45) is 0. The predicted octanol–water partition coefficient (Wildman–Crippen LogP) is 4.00. The first kappa shape index (κ1) is 14.9. The fourth-order valence-electron chi connectivity index (χ4n) is 3.48. The van der Waals surface area contributed by atoms with Crippen LogP contribution in [0.4, 0.5) is 0 Å². The third-order valence-corrected chi connectivity index (χ3v) is 4.21. The number of hydrogen-bond acceptors (Lipinski definition) is 1. The molecule has 0 spiro atoms. The monoisotopic (exact) mass is 288 g/mol. The molecule has 2 nitrogen and oxygen atoms in total. The number of aryl methyl sites for hydroxylation is 3. The third-order valence-electron chi connectivity index (χ3n) is 4.21. The van der Waals surface area contributed by atoms with Gasteiger partial charge in [0.15, 0.2) is 7.85 Å². The molecule has 2 radical (unpaired) electrons. The molecule has 0 aliphatic carbocycles. The molecule has 0 bridgehead atoms. The van der Waals surface area contributed by atoms with Crippen molar-refractivity contribution in [3.8, 4) is 11.1 Å². The highest BCUT2D eigenvalue weighted by Crippen LogP contribution is 2.33. The summed E-state index contributed by atoms with van der Waals surface area (Å²) in [6, 6.07) is 11.1. The largest absolute Gasteiger partial charge is 0.335 e. The van der Waals surface area contributed by atoms with Gasteiger partial charge < -0.3 is 4.57 Å². The van der Waals surface area contributed by atoms with Crippen molar-refractivity contribution in [3.05, 3.63) is 47.0 Å². The maximum Gasteiger partial charge on any atom is 0.167 e. The second-order valence-corrected chi connectivity index (χ2v) is 6.38. The zero-order valence-electron chi connectivity index (χ0n) is 13.9.